The molecule has 33 heavy (non-hydrogen) atoms. The number of likely N-dealkylation sites (tertiary alicyclic amines) is 1. The van der Waals surface area contributed by atoms with Crippen molar-refractivity contribution in [3.05, 3.63) is 77.1 Å². The van der Waals surface area contributed by atoms with Crippen molar-refractivity contribution in [3.63, 3.8) is 0 Å². The third-order valence-corrected chi connectivity index (χ3v) is 6.97. The first-order valence-corrected chi connectivity index (χ1v) is 12.0. The summed E-state index contributed by atoms with van der Waals surface area (Å²) in [5, 5.41) is 7.92. The summed E-state index contributed by atoms with van der Waals surface area (Å²) < 4.78 is 7.21. The van der Waals surface area contributed by atoms with E-state index in [9.17, 15) is 4.79 Å². The van der Waals surface area contributed by atoms with Gasteiger partial charge in [0.2, 0.25) is 0 Å². The molecular formula is C27H32N4O2. The number of carbonyl (C=O) groups excluding carboxylic acids is 1. The number of benzene rings is 2. The van der Waals surface area contributed by atoms with Crippen LogP contribution in [0.5, 0.6) is 5.75 Å². The summed E-state index contributed by atoms with van der Waals surface area (Å²) >= 11 is 0. The number of hydrogen-bond donors (Lipinski definition) is 1. The Bertz CT molecular complexity index is 1080. The molecule has 6 heteroatoms. The van der Waals surface area contributed by atoms with E-state index in [-0.39, 0.29) is 5.91 Å². The van der Waals surface area contributed by atoms with Crippen LogP contribution in [0.4, 0.5) is 0 Å². The van der Waals surface area contributed by atoms with Crippen LogP contribution >= 0.6 is 0 Å². The summed E-state index contributed by atoms with van der Waals surface area (Å²) in [5.74, 6) is 1.39. The first kappa shape index (κ1) is 21.7. The second kappa shape index (κ2) is 9.79. The van der Waals surface area contributed by atoms with Crippen LogP contribution in [0.1, 0.15) is 46.6 Å². The molecule has 1 aromatic heterocycles. The van der Waals surface area contributed by atoms with Crippen LogP contribution in [-0.4, -0.2) is 47.3 Å². The summed E-state index contributed by atoms with van der Waals surface area (Å²) in [6, 6.07) is 18.4. The Kier molecular flexibility index (Phi) is 6.44. The summed E-state index contributed by atoms with van der Waals surface area (Å²) in [5.41, 5.74) is 5.27. The van der Waals surface area contributed by atoms with E-state index in [2.05, 4.69) is 22.3 Å². The average Bonchev–Trinajstić information content (AvgIpc) is 3.48. The molecule has 0 spiro atoms. The number of aromatic nitrogens is 2. The minimum absolute atomic E-state index is 0.0245. The van der Waals surface area contributed by atoms with E-state index in [4.69, 9.17) is 9.84 Å². The van der Waals surface area contributed by atoms with Crippen molar-refractivity contribution in [2.75, 3.05) is 26.7 Å². The molecule has 3 aromatic rings. The largest absolute Gasteiger partial charge is 0.497 e. The van der Waals surface area contributed by atoms with Crippen LogP contribution in [0, 0.1) is 5.92 Å². The van der Waals surface area contributed by atoms with Gasteiger partial charge in [-0.15, -0.1) is 0 Å². The van der Waals surface area contributed by atoms with E-state index in [0.29, 0.717) is 11.6 Å². The minimum Gasteiger partial charge on any atom is -0.497 e. The van der Waals surface area contributed by atoms with Gasteiger partial charge in [0.15, 0.2) is 5.69 Å². The van der Waals surface area contributed by atoms with E-state index in [0.717, 1.165) is 75.3 Å². The van der Waals surface area contributed by atoms with Crippen LogP contribution in [0.25, 0.3) is 5.69 Å². The maximum atomic E-state index is 13.0. The Hall–Kier alpha value is -3.12. The number of amides is 1. The fraction of sp³-hybridized carbons (Fsp3) is 0.407. The number of fused-ring (bicyclic) bond motifs is 1. The molecule has 1 aliphatic carbocycles. The van der Waals surface area contributed by atoms with Crippen molar-refractivity contribution in [1.82, 2.24) is 20.0 Å². The zero-order valence-electron chi connectivity index (χ0n) is 19.3. The number of para-hydroxylation sites is 1. The number of methoxy groups -OCH3 is 1. The van der Waals surface area contributed by atoms with Crippen molar-refractivity contribution in [1.29, 1.82) is 0 Å². The zero-order valence-corrected chi connectivity index (χ0v) is 19.3. The van der Waals surface area contributed by atoms with Crippen molar-refractivity contribution in [3.8, 4) is 11.4 Å². The topological polar surface area (TPSA) is 59.4 Å². The Labute approximate surface area is 195 Å². The lowest BCUT2D eigenvalue weighted by Crippen LogP contribution is -2.38. The fourth-order valence-electron chi connectivity index (χ4n) is 5.06. The van der Waals surface area contributed by atoms with Gasteiger partial charge in [0.1, 0.15) is 5.75 Å². The van der Waals surface area contributed by atoms with Gasteiger partial charge < -0.3 is 10.1 Å². The lowest BCUT2D eigenvalue weighted by Gasteiger charge is -2.32. The van der Waals surface area contributed by atoms with Gasteiger partial charge in [-0.25, -0.2) is 4.68 Å². The molecule has 6 nitrogen and oxygen atoms in total. The lowest BCUT2D eigenvalue weighted by atomic mass is 9.96. The second-order valence-corrected chi connectivity index (χ2v) is 9.15. The number of hydrogen-bond acceptors (Lipinski definition) is 4. The fourth-order valence-corrected chi connectivity index (χ4v) is 5.06. The van der Waals surface area contributed by atoms with E-state index in [1.54, 1.807) is 7.11 Å². The van der Waals surface area contributed by atoms with E-state index in [1.165, 1.54) is 11.3 Å². The van der Waals surface area contributed by atoms with Gasteiger partial charge >= 0.3 is 0 Å². The summed E-state index contributed by atoms with van der Waals surface area (Å²) in [7, 11) is 1.70. The molecule has 2 aliphatic rings. The molecule has 2 aromatic carbocycles. The highest BCUT2D eigenvalue weighted by atomic mass is 16.5. The van der Waals surface area contributed by atoms with Crippen LogP contribution < -0.4 is 10.1 Å². The SMILES string of the molecule is COc1ccc(CN2CCC(CNC(=O)c3nn(-c4ccccc4)c4c3CCC4)CC2)cc1. The Balaban J connectivity index is 1.15. The van der Waals surface area contributed by atoms with Crippen LogP contribution in [0.3, 0.4) is 0 Å². The standard InChI is InChI=1S/C27H32N4O2/c1-33-23-12-10-21(11-13-23)19-30-16-14-20(15-17-30)18-28-27(32)26-24-8-5-9-25(24)31(29-26)22-6-3-2-4-7-22/h2-4,6-7,10-13,20H,5,8-9,14-19H2,1H3,(H,28,32). The molecule has 5 rings (SSSR count). The molecule has 1 saturated heterocycles. The average molecular weight is 445 g/mol. The lowest BCUT2D eigenvalue weighted by molar-refractivity contribution is 0.0929. The van der Waals surface area contributed by atoms with Gasteiger partial charge in [-0.2, -0.15) is 5.10 Å². The highest BCUT2D eigenvalue weighted by Gasteiger charge is 2.27. The highest BCUT2D eigenvalue weighted by molar-refractivity contribution is 5.94. The number of carbonyl (C=O) groups is 1. The second-order valence-electron chi connectivity index (χ2n) is 9.15. The van der Waals surface area contributed by atoms with E-state index < -0.39 is 0 Å². The van der Waals surface area contributed by atoms with E-state index in [1.807, 2.05) is 47.1 Å². The highest BCUT2D eigenvalue weighted by Crippen LogP contribution is 2.28. The van der Waals surface area contributed by atoms with Gasteiger partial charge in [-0.3, -0.25) is 9.69 Å². The normalized spacial score (nSPS) is 16.5. The predicted octanol–water partition coefficient (Wildman–Crippen LogP) is 4.01. The molecule has 0 radical (unpaired) electrons. The molecule has 0 atom stereocenters. The molecule has 172 valence electrons. The quantitative estimate of drug-likeness (QED) is 0.598. The van der Waals surface area contributed by atoms with Gasteiger partial charge in [0.25, 0.3) is 5.91 Å². The number of rotatable bonds is 7. The van der Waals surface area contributed by atoms with E-state index >= 15 is 0 Å². The third-order valence-electron chi connectivity index (χ3n) is 6.97. The molecule has 0 saturated carbocycles. The molecule has 1 aliphatic heterocycles. The molecular weight excluding hydrogens is 412 g/mol. The Morgan fingerprint density at radius 1 is 1.06 bits per heavy atom. The predicted molar refractivity (Wildman–Crippen MR) is 129 cm³/mol. The van der Waals surface area contributed by atoms with Crippen molar-refractivity contribution < 1.29 is 9.53 Å². The summed E-state index contributed by atoms with van der Waals surface area (Å²) in [6.07, 6.45) is 5.22. The maximum absolute atomic E-state index is 13.0. The molecule has 1 fully saturated rings. The van der Waals surface area contributed by atoms with Gasteiger partial charge in [-0.05, 0) is 80.9 Å². The van der Waals surface area contributed by atoms with Crippen molar-refractivity contribution >= 4 is 5.91 Å². The summed E-state index contributed by atoms with van der Waals surface area (Å²) in [6.45, 7) is 3.81. The van der Waals surface area contributed by atoms with Crippen LogP contribution in [-0.2, 0) is 19.4 Å². The van der Waals surface area contributed by atoms with Crippen molar-refractivity contribution in [2.24, 2.45) is 5.92 Å². The molecule has 0 unspecified atom stereocenters. The Morgan fingerprint density at radius 2 is 1.82 bits per heavy atom. The number of nitrogens with zero attached hydrogens (tertiary/aromatic N) is 3. The smallest absolute Gasteiger partial charge is 0.272 e. The monoisotopic (exact) mass is 444 g/mol. The maximum Gasteiger partial charge on any atom is 0.272 e. The molecule has 1 amide bonds. The molecule has 2 heterocycles. The number of nitrogens with one attached hydrogen (secondary N) is 1. The minimum atomic E-state index is -0.0245. The summed E-state index contributed by atoms with van der Waals surface area (Å²) in [4.78, 5) is 15.5. The van der Waals surface area contributed by atoms with Gasteiger partial charge in [-0.1, -0.05) is 30.3 Å². The number of piperidine rings is 1. The van der Waals surface area contributed by atoms with Crippen LogP contribution in [0.2, 0.25) is 0 Å². The van der Waals surface area contributed by atoms with Crippen LogP contribution in [0.15, 0.2) is 54.6 Å². The van der Waals surface area contributed by atoms with Gasteiger partial charge in [0.05, 0.1) is 12.8 Å². The first-order chi connectivity index (χ1) is 16.2. The first-order valence-electron chi connectivity index (χ1n) is 12.0. The molecule has 0 bridgehead atoms. The number of ether oxygens (including phenoxy) is 1. The van der Waals surface area contributed by atoms with Gasteiger partial charge in [0, 0.05) is 24.3 Å². The zero-order chi connectivity index (χ0) is 22.6. The van der Waals surface area contributed by atoms with Crippen molar-refractivity contribution in [2.45, 2.75) is 38.6 Å². The Morgan fingerprint density at radius 3 is 2.55 bits per heavy atom. The third kappa shape index (κ3) is 4.81. The molecule has 1 N–H and O–H groups in total.